The van der Waals surface area contributed by atoms with E-state index < -0.39 is 0 Å². The number of para-hydroxylation sites is 1. The zero-order valence-corrected chi connectivity index (χ0v) is 31.3. The number of benzene rings is 8. The fraction of sp³-hybridized carbons (Fsp3) is 0.0370. The molecule has 57 heavy (non-hydrogen) atoms. The SMILES string of the molecule is C1=CC(c2ccc3c(c2)Oc2cc(-c4ccccc4)ccc2N3c2ccc(-n3c4ccccc4c4cc(-c5ccccc5)cc(-c5ccccc5)c43)cc2)=CCC1. The Bertz CT molecular complexity index is 3010. The minimum Gasteiger partial charge on any atom is -0.453 e. The molecule has 3 heteroatoms. The average Bonchev–Trinajstić information content (AvgIpc) is 3.63. The fourth-order valence-corrected chi connectivity index (χ4v) is 8.66. The van der Waals surface area contributed by atoms with Crippen molar-refractivity contribution in [2.45, 2.75) is 12.8 Å². The van der Waals surface area contributed by atoms with E-state index in [2.05, 4.69) is 216 Å². The zero-order chi connectivity index (χ0) is 37.7. The number of aromatic nitrogens is 1. The molecule has 8 aromatic carbocycles. The predicted molar refractivity (Wildman–Crippen MR) is 238 cm³/mol. The molecule has 1 aromatic heterocycles. The monoisotopic (exact) mass is 730 g/mol. The van der Waals surface area contributed by atoms with Gasteiger partial charge < -0.3 is 14.2 Å². The first-order valence-corrected chi connectivity index (χ1v) is 19.7. The van der Waals surface area contributed by atoms with Gasteiger partial charge in [0.1, 0.15) is 0 Å². The zero-order valence-electron chi connectivity index (χ0n) is 31.3. The second-order valence-corrected chi connectivity index (χ2v) is 14.8. The molecule has 11 rings (SSSR count). The van der Waals surface area contributed by atoms with Gasteiger partial charge in [-0.3, -0.25) is 0 Å². The molecule has 0 bridgehead atoms. The van der Waals surface area contributed by atoms with Crippen LogP contribution in [-0.2, 0) is 0 Å². The van der Waals surface area contributed by atoms with E-state index in [9.17, 15) is 0 Å². The molecule has 270 valence electrons. The van der Waals surface area contributed by atoms with Crippen LogP contribution in [0, 0.1) is 0 Å². The van der Waals surface area contributed by atoms with E-state index in [1.807, 2.05) is 0 Å². The van der Waals surface area contributed by atoms with Gasteiger partial charge in [-0.1, -0.05) is 140 Å². The Morgan fingerprint density at radius 3 is 1.70 bits per heavy atom. The van der Waals surface area contributed by atoms with E-state index in [0.29, 0.717) is 0 Å². The lowest BCUT2D eigenvalue weighted by Crippen LogP contribution is -2.16. The summed E-state index contributed by atoms with van der Waals surface area (Å²) in [6, 6.07) is 67.7. The van der Waals surface area contributed by atoms with Crippen molar-refractivity contribution in [3.05, 3.63) is 212 Å². The van der Waals surface area contributed by atoms with Crippen LogP contribution in [0.4, 0.5) is 17.1 Å². The lowest BCUT2D eigenvalue weighted by Gasteiger charge is -2.33. The first-order chi connectivity index (χ1) is 28.3. The maximum Gasteiger partial charge on any atom is 0.152 e. The summed E-state index contributed by atoms with van der Waals surface area (Å²) in [5.74, 6) is 1.68. The van der Waals surface area contributed by atoms with Crippen LogP contribution >= 0.6 is 0 Å². The number of nitrogens with zero attached hydrogens (tertiary/aromatic N) is 2. The van der Waals surface area contributed by atoms with Crippen molar-refractivity contribution in [3.8, 4) is 50.6 Å². The molecule has 3 nitrogen and oxygen atoms in total. The number of anilines is 3. The third kappa shape index (κ3) is 5.75. The van der Waals surface area contributed by atoms with Gasteiger partial charge in [0.05, 0.1) is 22.4 Å². The molecule has 0 radical (unpaired) electrons. The van der Waals surface area contributed by atoms with E-state index in [0.717, 1.165) is 58.2 Å². The van der Waals surface area contributed by atoms with Crippen LogP contribution in [0.2, 0.25) is 0 Å². The third-order valence-corrected chi connectivity index (χ3v) is 11.4. The van der Waals surface area contributed by atoms with Gasteiger partial charge in [0.15, 0.2) is 11.5 Å². The highest BCUT2D eigenvalue weighted by Gasteiger charge is 2.27. The Balaban J connectivity index is 1.08. The summed E-state index contributed by atoms with van der Waals surface area (Å²) in [7, 11) is 0. The summed E-state index contributed by atoms with van der Waals surface area (Å²) in [6.45, 7) is 0. The van der Waals surface area contributed by atoms with Crippen molar-refractivity contribution in [1.29, 1.82) is 0 Å². The Morgan fingerprint density at radius 2 is 1.02 bits per heavy atom. The molecule has 0 amide bonds. The van der Waals surface area contributed by atoms with Crippen LogP contribution < -0.4 is 9.64 Å². The number of ether oxygens (including phenoxy) is 1. The van der Waals surface area contributed by atoms with Crippen molar-refractivity contribution in [1.82, 2.24) is 4.57 Å². The quantitative estimate of drug-likeness (QED) is 0.169. The van der Waals surface area contributed by atoms with Gasteiger partial charge in [-0.15, -0.1) is 0 Å². The van der Waals surface area contributed by atoms with E-state index in [1.54, 1.807) is 0 Å². The molecule has 9 aromatic rings. The van der Waals surface area contributed by atoms with Gasteiger partial charge in [-0.2, -0.15) is 0 Å². The Hall–Kier alpha value is -7.36. The number of hydrogen-bond donors (Lipinski definition) is 0. The number of allylic oxidation sites excluding steroid dienone is 4. The van der Waals surface area contributed by atoms with Crippen molar-refractivity contribution in [3.63, 3.8) is 0 Å². The van der Waals surface area contributed by atoms with Crippen LogP contribution in [0.1, 0.15) is 18.4 Å². The largest absolute Gasteiger partial charge is 0.453 e. The average molecular weight is 731 g/mol. The normalized spacial score (nSPS) is 13.3. The van der Waals surface area contributed by atoms with E-state index >= 15 is 0 Å². The van der Waals surface area contributed by atoms with Crippen molar-refractivity contribution in [2.24, 2.45) is 0 Å². The van der Waals surface area contributed by atoms with E-state index in [4.69, 9.17) is 4.74 Å². The van der Waals surface area contributed by atoms with Crippen LogP contribution in [-0.4, -0.2) is 4.57 Å². The fourth-order valence-electron chi connectivity index (χ4n) is 8.66. The van der Waals surface area contributed by atoms with Gasteiger partial charge in [-0.05, 0) is 119 Å². The van der Waals surface area contributed by atoms with E-state index in [1.165, 1.54) is 55.2 Å². The van der Waals surface area contributed by atoms with Gasteiger partial charge in [0.25, 0.3) is 0 Å². The van der Waals surface area contributed by atoms with Gasteiger partial charge >= 0.3 is 0 Å². The van der Waals surface area contributed by atoms with Crippen molar-refractivity contribution < 1.29 is 4.74 Å². The summed E-state index contributed by atoms with van der Waals surface area (Å²) in [6.07, 6.45) is 8.95. The molecular formula is C54H38N2O. The minimum atomic E-state index is 0.836. The molecule has 0 unspecified atom stereocenters. The van der Waals surface area contributed by atoms with Crippen LogP contribution in [0.5, 0.6) is 11.5 Å². The number of rotatable bonds is 6. The highest BCUT2D eigenvalue weighted by Crippen LogP contribution is 2.52. The van der Waals surface area contributed by atoms with Crippen LogP contribution in [0.25, 0.3) is 66.4 Å². The molecular weight excluding hydrogens is 693 g/mol. The topological polar surface area (TPSA) is 17.4 Å². The molecule has 1 aliphatic carbocycles. The predicted octanol–water partition coefficient (Wildman–Crippen LogP) is 15.1. The van der Waals surface area contributed by atoms with Crippen LogP contribution in [0.15, 0.2) is 206 Å². The van der Waals surface area contributed by atoms with Crippen molar-refractivity contribution >= 4 is 44.4 Å². The number of fused-ring (bicyclic) bond motifs is 5. The molecule has 1 aliphatic heterocycles. The van der Waals surface area contributed by atoms with E-state index in [-0.39, 0.29) is 0 Å². The summed E-state index contributed by atoms with van der Waals surface area (Å²) in [4.78, 5) is 2.34. The lowest BCUT2D eigenvalue weighted by atomic mass is 9.95. The minimum absolute atomic E-state index is 0.836. The Labute approximate surface area is 332 Å². The smallest absolute Gasteiger partial charge is 0.152 e. The molecule has 0 spiro atoms. The van der Waals surface area contributed by atoms with Crippen LogP contribution in [0.3, 0.4) is 0 Å². The summed E-state index contributed by atoms with van der Waals surface area (Å²) < 4.78 is 9.24. The van der Waals surface area contributed by atoms with Gasteiger partial charge in [-0.25, -0.2) is 0 Å². The van der Waals surface area contributed by atoms with Crippen molar-refractivity contribution in [2.75, 3.05) is 4.90 Å². The molecule has 0 fully saturated rings. The highest BCUT2D eigenvalue weighted by atomic mass is 16.5. The standard InChI is InChI=1S/C54H38N2O/c1-5-15-37(16-6-1)41-25-31-50-52(35-41)57-53-36-42(38-17-7-2-8-18-38)26-32-51(53)55(50)44-27-29-45(30-28-44)56-49-24-14-13-23-46(49)48-34-43(39-19-9-3-10-20-39)33-47(54(48)56)40-21-11-4-12-22-40/h1,3-7,9-36H,2,8H2. The maximum atomic E-state index is 6.80. The second-order valence-electron chi connectivity index (χ2n) is 14.8. The third-order valence-electron chi connectivity index (χ3n) is 11.4. The first kappa shape index (κ1) is 33.0. The second kappa shape index (κ2) is 13.7. The molecule has 0 atom stereocenters. The molecule has 0 saturated heterocycles. The van der Waals surface area contributed by atoms with Gasteiger partial charge in [0, 0.05) is 27.7 Å². The summed E-state index contributed by atoms with van der Waals surface area (Å²) >= 11 is 0. The first-order valence-electron chi connectivity index (χ1n) is 19.7. The molecule has 0 N–H and O–H groups in total. The Kier molecular flexibility index (Phi) is 7.96. The Morgan fingerprint density at radius 1 is 0.421 bits per heavy atom. The summed E-state index contributed by atoms with van der Waals surface area (Å²) in [5, 5.41) is 2.47. The molecule has 0 saturated carbocycles. The highest BCUT2D eigenvalue weighted by molar-refractivity contribution is 6.15. The van der Waals surface area contributed by atoms with Gasteiger partial charge in [0.2, 0.25) is 0 Å². The molecule has 2 aliphatic rings. The maximum absolute atomic E-state index is 6.80. The molecule has 2 heterocycles. The number of hydrogen-bond acceptors (Lipinski definition) is 2. The summed E-state index contributed by atoms with van der Waals surface area (Å²) in [5.41, 5.74) is 16.1. The lowest BCUT2D eigenvalue weighted by molar-refractivity contribution is 0.477.